The van der Waals surface area contributed by atoms with Crippen molar-refractivity contribution in [3.63, 3.8) is 0 Å². The zero-order valence-corrected chi connectivity index (χ0v) is 9.89. The van der Waals surface area contributed by atoms with Gasteiger partial charge in [-0.25, -0.2) is 4.79 Å². The molecule has 0 aliphatic carbocycles. The average Bonchev–Trinajstić information content (AvgIpc) is 2.87. The SMILES string of the molecule is COC(=O)c1cc(-c2ccc(OC(F)F)cc2)n[nH]1. The van der Waals surface area contributed by atoms with Gasteiger partial charge >= 0.3 is 12.6 Å². The van der Waals surface area contributed by atoms with E-state index in [4.69, 9.17) is 0 Å². The lowest BCUT2D eigenvalue weighted by molar-refractivity contribution is -0.0498. The van der Waals surface area contributed by atoms with E-state index in [2.05, 4.69) is 19.7 Å². The Morgan fingerprint density at radius 2 is 2.00 bits per heavy atom. The van der Waals surface area contributed by atoms with Crippen molar-refractivity contribution in [2.75, 3.05) is 7.11 Å². The summed E-state index contributed by atoms with van der Waals surface area (Å²) >= 11 is 0. The first-order chi connectivity index (χ1) is 9.10. The lowest BCUT2D eigenvalue weighted by atomic mass is 10.1. The third-order valence-electron chi connectivity index (χ3n) is 2.36. The van der Waals surface area contributed by atoms with Gasteiger partial charge in [0.05, 0.1) is 12.8 Å². The molecule has 1 aromatic heterocycles. The van der Waals surface area contributed by atoms with Crippen molar-refractivity contribution in [1.29, 1.82) is 0 Å². The molecule has 0 spiro atoms. The molecule has 0 saturated carbocycles. The molecular formula is C12H10F2N2O3. The molecule has 19 heavy (non-hydrogen) atoms. The van der Waals surface area contributed by atoms with Gasteiger partial charge < -0.3 is 9.47 Å². The van der Waals surface area contributed by atoms with Crippen LogP contribution >= 0.6 is 0 Å². The number of H-pyrrole nitrogens is 1. The van der Waals surface area contributed by atoms with Crippen LogP contribution < -0.4 is 4.74 Å². The molecule has 0 atom stereocenters. The molecule has 2 aromatic rings. The molecule has 1 heterocycles. The second-order valence-electron chi connectivity index (χ2n) is 3.56. The maximum atomic E-state index is 12.0. The number of carbonyl (C=O) groups is 1. The number of aromatic nitrogens is 2. The van der Waals surface area contributed by atoms with Crippen LogP contribution in [0, 0.1) is 0 Å². The van der Waals surface area contributed by atoms with E-state index in [0.29, 0.717) is 11.3 Å². The highest BCUT2D eigenvalue weighted by molar-refractivity contribution is 5.88. The summed E-state index contributed by atoms with van der Waals surface area (Å²) in [6, 6.07) is 7.43. The van der Waals surface area contributed by atoms with Crippen molar-refractivity contribution in [1.82, 2.24) is 10.2 Å². The number of esters is 1. The second kappa shape index (κ2) is 5.47. The van der Waals surface area contributed by atoms with Crippen LogP contribution in [0.2, 0.25) is 0 Å². The zero-order chi connectivity index (χ0) is 13.8. The number of ether oxygens (including phenoxy) is 2. The van der Waals surface area contributed by atoms with Crippen LogP contribution in [-0.2, 0) is 4.74 Å². The van der Waals surface area contributed by atoms with Gasteiger partial charge in [0.15, 0.2) is 0 Å². The molecule has 5 nitrogen and oxygen atoms in total. The molecule has 0 fully saturated rings. The van der Waals surface area contributed by atoms with Crippen LogP contribution in [0.3, 0.4) is 0 Å². The van der Waals surface area contributed by atoms with Gasteiger partial charge in [-0.2, -0.15) is 13.9 Å². The lowest BCUT2D eigenvalue weighted by Crippen LogP contribution is -2.01. The summed E-state index contributed by atoms with van der Waals surface area (Å²) in [5, 5.41) is 6.46. The molecule has 100 valence electrons. The van der Waals surface area contributed by atoms with Gasteiger partial charge in [-0.3, -0.25) is 5.10 Å². The van der Waals surface area contributed by atoms with Crippen molar-refractivity contribution in [2.45, 2.75) is 6.61 Å². The van der Waals surface area contributed by atoms with Gasteiger partial charge in [0.2, 0.25) is 0 Å². The van der Waals surface area contributed by atoms with E-state index in [0.717, 1.165) is 0 Å². The summed E-state index contributed by atoms with van der Waals surface area (Å²) in [5.74, 6) is -0.473. The number of carbonyl (C=O) groups excluding carboxylic acids is 1. The number of nitrogens with zero attached hydrogens (tertiary/aromatic N) is 1. The fourth-order valence-corrected chi connectivity index (χ4v) is 1.49. The molecule has 7 heteroatoms. The molecule has 0 amide bonds. The quantitative estimate of drug-likeness (QED) is 0.865. The Labute approximate surface area is 107 Å². The highest BCUT2D eigenvalue weighted by Gasteiger charge is 2.11. The molecule has 1 aromatic carbocycles. The van der Waals surface area contributed by atoms with Crippen molar-refractivity contribution in [2.24, 2.45) is 0 Å². The minimum absolute atomic E-state index is 0.0578. The summed E-state index contributed by atoms with van der Waals surface area (Å²) in [6.45, 7) is -2.86. The number of hydrogen-bond acceptors (Lipinski definition) is 4. The normalized spacial score (nSPS) is 10.5. The van der Waals surface area contributed by atoms with Crippen LogP contribution in [0.1, 0.15) is 10.5 Å². The Hall–Kier alpha value is -2.44. The molecular weight excluding hydrogens is 258 g/mol. The van der Waals surface area contributed by atoms with E-state index in [1.807, 2.05) is 0 Å². The Morgan fingerprint density at radius 3 is 2.58 bits per heavy atom. The fourth-order valence-electron chi connectivity index (χ4n) is 1.49. The first kappa shape index (κ1) is 13.0. The lowest BCUT2D eigenvalue weighted by Gasteiger charge is -2.04. The number of hydrogen-bond donors (Lipinski definition) is 1. The minimum Gasteiger partial charge on any atom is -0.464 e. The number of alkyl halides is 2. The van der Waals surface area contributed by atoms with Gasteiger partial charge in [-0.05, 0) is 30.3 Å². The van der Waals surface area contributed by atoms with Gasteiger partial charge in [-0.15, -0.1) is 0 Å². The smallest absolute Gasteiger partial charge is 0.387 e. The largest absolute Gasteiger partial charge is 0.464 e. The van der Waals surface area contributed by atoms with E-state index in [-0.39, 0.29) is 11.4 Å². The van der Waals surface area contributed by atoms with Crippen LogP contribution in [0.25, 0.3) is 11.3 Å². The predicted octanol–water partition coefficient (Wildman–Crippen LogP) is 2.46. The Bertz CT molecular complexity index is 567. The molecule has 2 rings (SSSR count). The number of aromatic amines is 1. The Morgan fingerprint density at radius 1 is 1.32 bits per heavy atom. The molecule has 0 unspecified atom stereocenters. The first-order valence-electron chi connectivity index (χ1n) is 5.29. The number of nitrogens with one attached hydrogen (secondary N) is 1. The van der Waals surface area contributed by atoms with Crippen LogP contribution in [0.15, 0.2) is 30.3 Å². The predicted molar refractivity (Wildman–Crippen MR) is 62.0 cm³/mol. The van der Waals surface area contributed by atoms with Gasteiger partial charge in [-0.1, -0.05) is 0 Å². The second-order valence-corrected chi connectivity index (χ2v) is 3.56. The van der Waals surface area contributed by atoms with E-state index in [9.17, 15) is 13.6 Å². The molecule has 0 bridgehead atoms. The van der Waals surface area contributed by atoms with Crippen LogP contribution in [-0.4, -0.2) is 29.9 Å². The zero-order valence-electron chi connectivity index (χ0n) is 9.89. The molecule has 0 aliphatic heterocycles. The third kappa shape index (κ3) is 3.06. The van der Waals surface area contributed by atoms with Crippen molar-refractivity contribution >= 4 is 5.97 Å². The first-order valence-corrected chi connectivity index (χ1v) is 5.29. The van der Waals surface area contributed by atoms with E-state index in [1.54, 1.807) is 12.1 Å². The van der Waals surface area contributed by atoms with E-state index in [1.165, 1.54) is 25.3 Å². The number of benzene rings is 1. The number of methoxy groups -OCH3 is 1. The summed E-state index contributed by atoms with van der Waals surface area (Å²) in [6.07, 6.45) is 0. The Kier molecular flexibility index (Phi) is 3.74. The van der Waals surface area contributed by atoms with Gasteiger partial charge in [0.1, 0.15) is 11.4 Å². The molecule has 0 radical (unpaired) electrons. The highest BCUT2D eigenvalue weighted by Crippen LogP contribution is 2.22. The maximum Gasteiger partial charge on any atom is 0.387 e. The fraction of sp³-hybridized carbons (Fsp3) is 0.167. The van der Waals surface area contributed by atoms with Crippen molar-refractivity contribution < 1.29 is 23.0 Å². The minimum atomic E-state index is -2.86. The molecule has 0 saturated heterocycles. The molecule has 0 aliphatic rings. The topological polar surface area (TPSA) is 64.2 Å². The number of halogens is 2. The summed E-state index contributed by atoms with van der Waals surface area (Å²) < 4.78 is 32.7. The highest BCUT2D eigenvalue weighted by atomic mass is 19.3. The standard InChI is InChI=1S/C12H10F2N2O3/c1-18-11(17)10-6-9(15-16-10)7-2-4-8(5-3-7)19-12(13)14/h2-6,12H,1H3,(H,15,16). The molecule has 1 N–H and O–H groups in total. The Balaban J connectivity index is 2.18. The van der Waals surface area contributed by atoms with Crippen molar-refractivity contribution in [3.8, 4) is 17.0 Å². The van der Waals surface area contributed by atoms with E-state index < -0.39 is 12.6 Å². The summed E-state index contributed by atoms with van der Waals surface area (Å²) in [7, 11) is 1.26. The third-order valence-corrected chi connectivity index (χ3v) is 2.36. The number of rotatable bonds is 4. The van der Waals surface area contributed by atoms with Gasteiger partial charge in [0, 0.05) is 5.56 Å². The van der Waals surface area contributed by atoms with Crippen molar-refractivity contribution in [3.05, 3.63) is 36.0 Å². The maximum absolute atomic E-state index is 12.0. The monoisotopic (exact) mass is 268 g/mol. The summed E-state index contributed by atoms with van der Waals surface area (Å²) in [4.78, 5) is 11.2. The van der Waals surface area contributed by atoms with E-state index >= 15 is 0 Å². The van der Waals surface area contributed by atoms with Crippen LogP contribution in [0.4, 0.5) is 8.78 Å². The average molecular weight is 268 g/mol. The summed E-state index contributed by atoms with van der Waals surface area (Å²) in [5.41, 5.74) is 1.38. The van der Waals surface area contributed by atoms with Crippen LogP contribution in [0.5, 0.6) is 5.75 Å². The van der Waals surface area contributed by atoms with Gasteiger partial charge in [0.25, 0.3) is 0 Å².